The Balaban J connectivity index is 1.92. The lowest BCUT2D eigenvalue weighted by atomic mass is 9.96. The Morgan fingerprint density at radius 3 is 2.45 bits per heavy atom. The Kier molecular flexibility index (Phi) is 7.07. The maximum absolute atomic E-state index is 13.6. The summed E-state index contributed by atoms with van der Waals surface area (Å²) in [4.78, 5) is 33.0. The Morgan fingerprint density at radius 2 is 1.85 bits per heavy atom. The van der Waals surface area contributed by atoms with E-state index in [2.05, 4.69) is 20.9 Å². The molecule has 0 radical (unpaired) electrons. The van der Waals surface area contributed by atoms with Gasteiger partial charge in [-0.05, 0) is 68.5 Å². The molecule has 170 valence electrons. The number of hydrogen-bond acceptors (Lipinski definition) is 6. The zero-order valence-electron chi connectivity index (χ0n) is 18.7. The van der Waals surface area contributed by atoms with Crippen LogP contribution in [0.2, 0.25) is 0 Å². The van der Waals surface area contributed by atoms with Crippen LogP contribution in [0.15, 0.2) is 79.0 Å². The van der Waals surface area contributed by atoms with Crippen molar-refractivity contribution in [3.63, 3.8) is 0 Å². The van der Waals surface area contributed by atoms with Crippen LogP contribution in [0.5, 0.6) is 0 Å². The first-order valence-electron chi connectivity index (χ1n) is 10.4. The number of thiazole rings is 1. The lowest BCUT2D eigenvalue weighted by Gasteiger charge is -2.25. The summed E-state index contributed by atoms with van der Waals surface area (Å²) < 4.78 is 8.69. The number of benzene rings is 2. The molecule has 2 aromatic carbocycles. The monoisotopic (exact) mass is 542 g/mol. The molecule has 0 aliphatic carbocycles. The van der Waals surface area contributed by atoms with E-state index in [0.717, 1.165) is 20.5 Å². The normalized spacial score (nSPS) is 16.1. The van der Waals surface area contributed by atoms with Crippen molar-refractivity contribution < 1.29 is 9.53 Å². The SMILES string of the molecule is CSc1ccc([C@@H]2C(C(=O)OC(C)C)=C(C)N=c3s/c(=C\c4ccc(Br)cc4)c(=O)n32)cc1. The van der Waals surface area contributed by atoms with Gasteiger partial charge in [0.15, 0.2) is 4.80 Å². The summed E-state index contributed by atoms with van der Waals surface area (Å²) in [6.45, 7) is 5.42. The highest BCUT2D eigenvalue weighted by Gasteiger charge is 2.33. The maximum atomic E-state index is 13.6. The zero-order chi connectivity index (χ0) is 23.7. The molecule has 0 spiro atoms. The number of allylic oxidation sites excluding steroid dienone is 1. The molecule has 0 bridgehead atoms. The second kappa shape index (κ2) is 9.83. The third kappa shape index (κ3) is 4.93. The first kappa shape index (κ1) is 23.7. The smallest absolute Gasteiger partial charge is 0.338 e. The number of ether oxygens (including phenoxy) is 1. The fourth-order valence-electron chi connectivity index (χ4n) is 3.67. The number of thioether (sulfide) groups is 1. The van der Waals surface area contributed by atoms with Gasteiger partial charge < -0.3 is 4.74 Å². The minimum atomic E-state index is -0.601. The van der Waals surface area contributed by atoms with Crippen molar-refractivity contribution in [2.24, 2.45) is 4.99 Å². The molecule has 0 N–H and O–H groups in total. The van der Waals surface area contributed by atoms with Gasteiger partial charge in [0.25, 0.3) is 5.56 Å². The third-order valence-corrected chi connectivity index (χ3v) is 7.44. The Hall–Kier alpha value is -2.42. The number of esters is 1. The lowest BCUT2D eigenvalue weighted by Crippen LogP contribution is -2.40. The van der Waals surface area contributed by atoms with E-state index in [9.17, 15) is 9.59 Å². The van der Waals surface area contributed by atoms with Crippen molar-refractivity contribution in [1.82, 2.24) is 4.57 Å². The van der Waals surface area contributed by atoms with E-state index in [1.165, 1.54) is 11.3 Å². The van der Waals surface area contributed by atoms with Crippen LogP contribution < -0.4 is 14.9 Å². The highest BCUT2D eigenvalue weighted by atomic mass is 79.9. The van der Waals surface area contributed by atoms with Gasteiger partial charge in [0.1, 0.15) is 0 Å². The third-order valence-electron chi connectivity index (χ3n) is 5.18. The first-order chi connectivity index (χ1) is 15.8. The summed E-state index contributed by atoms with van der Waals surface area (Å²) >= 11 is 6.40. The summed E-state index contributed by atoms with van der Waals surface area (Å²) in [5.41, 5.74) is 2.54. The average Bonchev–Trinajstić information content (AvgIpc) is 3.08. The van der Waals surface area contributed by atoms with Gasteiger partial charge in [0.2, 0.25) is 0 Å². The number of aromatic nitrogens is 1. The molecule has 33 heavy (non-hydrogen) atoms. The standard InChI is InChI=1S/C25H23BrN2O3S2/c1-14(2)31-24(30)21-15(3)27-25-28(22(21)17-7-11-19(32-4)12-8-17)23(29)20(33-25)13-16-5-9-18(26)10-6-16/h5-14,22H,1-4H3/b20-13-/t22-/m1/s1. The molecule has 2 heterocycles. The zero-order valence-corrected chi connectivity index (χ0v) is 21.9. The second-order valence-electron chi connectivity index (χ2n) is 7.86. The van der Waals surface area contributed by atoms with Crippen LogP contribution in [0.3, 0.4) is 0 Å². The largest absolute Gasteiger partial charge is 0.459 e. The molecule has 8 heteroatoms. The number of fused-ring (bicyclic) bond motifs is 1. The van der Waals surface area contributed by atoms with Crippen LogP contribution in [-0.4, -0.2) is 22.9 Å². The number of halogens is 1. The average molecular weight is 544 g/mol. The van der Waals surface area contributed by atoms with Gasteiger partial charge in [-0.25, -0.2) is 9.79 Å². The van der Waals surface area contributed by atoms with Gasteiger partial charge in [-0.1, -0.05) is 51.5 Å². The lowest BCUT2D eigenvalue weighted by molar-refractivity contribution is -0.143. The van der Waals surface area contributed by atoms with Gasteiger partial charge in [-0.15, -0.1) is 11.8 Å². The number of nitrogens with zero attached hydrogens (tertiary/aromatic N) is 2. The van der Waals surface area contributed by atoms with Gasteiger partial charge >= 0.3 is 5.97 Å². The van der Waals surface area contributed by atoms with Gasteiger partial charge in [0, 0.05) is 9.37 Å². The van der Waals surface area contributed by atoms with Crippen LogP contribution in [-0.2, 0) is 9.53 Å². The molecule has 0 unspecified atom stereocenters. The molecule has 3 aromatic rings. The van der Waals surface area contributed by atoms with Crippen molar-refractivity contribution in [3.8, 4) is 0 Å². The Morgan fingerprint density at radius 1 is 1.18 bits per heavy atom. The quantitative estimate of drug-likeness (QED) is 0.347. The maximum Gasteiger partial charge on any atom is 0.338 e. The van der Waals surface area contributed by atoms with Crippen molar-refractivity contribution in [3.05, 3.63) is 95.1 Å². The predicted molar refractivity (Wildman–Crippen MR) is 137 cm³/mol. The van der Waals surface area contributed by atoms with Crippen molar-refractivity contribution >= 4 is 51.1 Å². The van der Waals surface area contributed by atoms with E-state index < -0.39 is 12.0 Å². The van der Waals surface area contributed by atoms with Gasteiger partial charge in [-0.2, -0.15) is 0 Å². The molecular weight excluding hydrogens is 520 g/mol. The fourth-order valence-corrected chi connectivity index (χ4v) is 5.39. The molecule has 1 aliphatic rings. The van der Waals surface area contributed by atoms with E-state index in [-0.39, 0.29) is 11.7 Å². The van der Waals surface area contributed by atoms with E-state index in [1.54, 1.807) is 23.3 Å². The summed E-state index contributed by atoms with van der Waals surface area (Å²) in [5.74, 6) is -0.451. The number of carbonyl (C=O) groups excluding carboxylic acids is 1. The molecular formula is C25H23BrN2O3S2. The Bertz CT molecular complexity index is 1400. The van der Waals surface area contributed by atoms with Gasteiger partial charge in [0.05, 0.1) is 27.9 Å². The van der Waals surface area contributed by atoms with Crippen LogP contribution in [0.25, 0.3) is 6.08 Å². The van der Waals surface area contributed by atoms with E-state index in [1.807, 2.05) is 74.7 Å². The van der Waals surface area contributed by atoms with Crippen LogP contribution in [0.1, 0.15) is 37.9 Å². The van der Waals surface area contributed by atoms with Crippen molar-refractivity contribution in [2.75, 3.05) is 6.26 Å². The van der Waals surface area contributed by atoms with E-state index in [0.29, 0.717) is 20.6 Å². The Labute approximate surface area is 208 Å². The molecule has 0 fully saturated rings. The molecule has 5 nitrogen and oxygen atoms in total. The minimum absolute atomic E-state index is 0.178. The summed E-state index contributed by atoms with van der Waals surface area (Å²) in [6, 6.07) is 15.1. The summed E-state index contributed by atoms with van der Waals surface area (Å²) in [5, 5.41) is 0. The van der Waals surface area contributed by atoms with Crippen molar-refractivity contribution in [1.29, 1.82) is 0 Å². The van der Waals surface area contributed by atoms with E-state index in [4.69, 9.17) is 4.74 Å². The molecule has 1 atom stereocenters. The first-order valence-corrected chi connectivity index (χ1v) is 13.2. The summed E-state index contributed by atoms with van der Waals surface area (Å²) in [7, 11) is 0. The molecule has 1 aromatic heterocycles. The molecule has 0 amide bonds. The van der Waals surface area contributed by atoms with E-state index >= 15 is 0 Å². The van der Waals surface area contributed by atoms with Gasteiger partial charge in [-0.3, -0.25) is 9.36 Å². The number of hydrogen-bond donors (Lipinski definition) is 0. The summed E-state index contributed by atoms with van der Waals surface area (Å²) in [6.07, 6.45) is 3.59. The highest BCUT2D eigenvalue weighted by Crippen LogP contribution is 2.32. The van der Waals surface area contributed by atoms with Crippen LogP contribution in [0.4, 0.5) is 0 Å². The fraction of sp³-hybridized carbons (Fsp3) is 0.240. The molecule has 4 rings (SSSR count). The molecule has 0 saturated carbocycles. The minimum Gasteiger partial charge on any atom is -0.459 e. The predicted octanol–water partition coefficient (Wildman–Crippen LogP) is 4.67. The number of rotatable bonds is 5. The molecule has 0 saturated heterocycles. The number of carbonyl (C=O) groups is 1. The van der Waals surface area contributed by atoms with Crippen LogP contribution >= 0.6 is 39.0 Å². The van der Waals surface area contributed by atoms with Crippen molar-refractivity contribution in [2.45, 2.75) is 37.8 Å². The second-order valence-corrected chi connectivity index (χ2v) is 10.7. The topological polar surface area (TPSA) is 60.7 Å². The molecule has 1 aliphatic heterocycles. The van der Waals surface area contributed by atoms with Crippen LogP contribution in [0, 0.1) is 0 Å². The highest BCUT2D eigenvalue weighted by molar-refractivity contribution is 9.10.